The van der Waals surface area contributed by atoms with Gasteiger partial charge in [0.15, 0.2) is 0 Å². The van der Waals surface area contributed by atoms with Crippen molar-refractivity contribution in [2.45, 2.75) is 39.7 Å². The molecule has 2 atom stereocenters. The van der Waals surface area contributed by atoms with E-state index in [2.05, 4.69) is 0 Å². The van der Waals surface area contributed by atoms with E-state index in [0.29, 0.717) is 12.8 Å². The summed E-state index contributed by atoms with van der Waals surface area (Å²) >= 11 is 0. The Hall–Kier alpha value is -0.370. The Morgan fingerprint density at radius 3 is 2.30 bits per heavy atom. The number of ketones is 1. The zero-order valence-corrected chi connectivity index (χ0v) is 6.92. The van der Waals surface area contributed by atoms with Gasteiger partial charge in [-0.2, -0.15) is 0 Å². The molecule has 2 heteroatoms. The van der Waals surface area contributed by atoms with Gasteiger partial charge in [0.1, 0.15) is 5.78 Å². The fourth-order valence-corrected chi connectivity index (χ4v) is 0.890. The summed E-state index contributed by atoms with van der Waals surface area (Å²) in [4.78, 5) is 11.0. The molecule has 0 amide bonds. The van der Waals surface area contributed by atoms with Crippen LogP contribution in [0.1, 0.15) is 33.6 Å². The van der Waals surface area contributed by atoms with Crippen LogP contribution in [0.5, 0.6) is 0 Å². The lowest BCUT2D eigenvalue weighted by Gasteiger charge is -2.14. The first-order valence-corrected chi connectivity index (χ1v) is 3.84. The molecule has 0 saturated carbocycles. The molecule has 0 unspecified atom stereocenters. The van der Waals surface area contributed by atoms with Gasteiger partial charge in [-0.3, -0.25) is 4.79 Å². The Morgan fingerprint density at radius 2 is 2.00 bits per heavy atom. The van der Waals surface area contributed by atoms with E-state index >= 15 is 0 Å². The Morgan fingerprint density at radius 1 is 1.50 bits per heavy atom. The third-order valence-electron chi connectivity index (χ3n) is 1.85. The maximum Gasteiger partial charge on any atom is 0.138 e. The normalized spacial score (nSPS) is 16.4. The molecule has 0 bridgehead atoms. The molecule has 0 fully saturated rings. The zero-order chi connectivity index (χ0) is 8.15. The lowest BCUT2D eigenvalue weighted by molar-refractivity contribution is -0.125. The van der Waals surface area contributed by atoms with E-state index in [1.165, 1.54) is 0 Å². The lowest BCUT2D eigenvalue weighted by Crippen LogP contribution is -2.24. The van der Waals surface area contributed by atoms with Crippen LogP contribution >= 0.6 is 0 Å². The van der Waals surface area contributed by atoms with E-state index in [1.807, 2.05) is 13.8 Å². The summed E-state index contributed by atoms with van der Waals surface area (Å²) in [7, 11) is 0. The molecule has 0 aliphatic rings. The van der Waals surface area contributed by atoms with Crippen LogP contribution < -0.4 is 0 Å². The first kappa shape index (κ1) is 9.63. The molecule has 0 saturated heterocycles. The van der Waals surface area contributed by atoms with Crippen molar-refractivity contribution in [3.63, 3.8) is 0 Å². The quantitative estimate of drug-likeness (QED) is 0.647. The second-order valence-electron chi connectivity index (χ2n) is 2.58. The third kappa shape index (κ3) is 2.48. The van der Waals surface area contributed by atoms with E-state index in [0.717, 1.165) is 0 Å². The predicted octanol–water partition coefficient (Wildman–Crippen LogP) is 1.37. The predicted molar refractivity (Wildman–Crippen MR) is 40.8 cm³/mol. The van der Waals surface area contributed by atoms with Gasteiger partial charge in [-0.25, -0.2) is 0 Å². The fourth-order valence-electron chi connectivity index (χ4n) is 0.890. The molecule has 0 heterocycles. The minimum absolute atomic E-state index is 0.148. The van der Waals surface area contributed by atoms with Crippen molar-refractivity contribution >= 4 is 5.78 Å². The highest BCUT2D eigenvalue weighted by atomic mass is 16.3. The van der Waals surface area contributed by atoms with Crippen LogP contribution in [0.2, 0.25) is 0 Å². The third-order valence-corrected chi connectivity index (χ3v) is 1.85. The maximum absolute atomic E-state index is 11.0. The highest BCUT2D eigenvalue weighted by Gasteiger charge is 2.17. The van der Waals surface area contributed by atoms with Gasteiger partial charge in [-0.15, -0.1) is 0 Å². The average Bonchev–Trinajstić information content (AvgIpc) is 2.00. The van der Waals surface area contributed by atoms with Crippen LogP contribution in [0.4, 0.5) is 0 Å². The minimum Gasteiger partial charge on any atom is -0.392 e. The van der Waals surface area contributed by atoms with Crippen molar-refractivity contribution in [1.29, 1.82) is 0 Å². The molecule has 2 nitrogen and oxygen atoms in total. The second-order valence-corrected chi connectivity index (χ2v) is 2.58. The van der Waals surface area contributed by atoms with Crippen molar-refractivity contribution < 1.29 is 9.90 Å². The minimum atomic E-state index is -0.451. The summed E-state index contributed by atoms with van der Waals surface area (Å²) in [5, 5.41) is 9.21. The highest BCUT2D eigenvalue weighted by molar-refractivity contribution is 5.80. The number of carbonyl (C=O) groups is 1. The van der Waals surface area contributed by atoms with Crippen molar-refractivity contribution in [3.8, 4) is 0 Å². The number of hydrogen-bond donors (Lipinski definition) is 1. The molecule has 0 aliphatic carbocycles. The topological polar surface area (TPSA) is 37.3 Å². The van der Waals surface area contributed by atoms with E-state index < -0.39 is 6.10 Å². The summed E-state index contributed by atoms with van der Waals surface area (Å²) in [6, 6.07) is 0. The number of rotatable bonds is 4. The molecule has 0 aromatic heterocycles. The number of carbonyl (C=O) groups excluding carboxylic acids is 1. The summed E-state index contributed by atoms with van der Waals surface area (Å²) in [5.41, 5.74) is 0. The van der Waals surface area contributed by atoms with Crippen molar-refractivity contribution in [1.82, 2.24) is 0 Å². The summed E-state index contributed by atoms with van der Waals surface area (Å²) in [5.74, 6) is -0.0376. The molecular weight excluding hydrogens is 128 g/mol. The van der Waals surface area contributed by atoms with Crippen LogP contribution in [0.3, 0.4) is 0 Å². The molecule has 0 rings (SSSR count). The van der Waals surface area contributed by atoms with Gasteiger partial charge in [0, 0.05) is 12.3 Å². The summed E-state index contributed by atoms with van der Waals surface area (Å²) in [6.07, 6.45) is 0.734. The number of aliphatic hydroxyl groups excluding tert-OH is 1. The summed E-state index contributed by atoms with van der Waals surface area (Å²) in [6.45, 7) is 5.48. The molecule has 0 aliphatic heterocycles. The standard InChI is InChI=1S/C8H16O2/c1-4-7(9)6(3)8(10)5-2/h6-7,9H,4-5H2,1-3H3/t6-,7+/m0/s1. The average molecular weight is 144 g/mol. The Kier molecular flexibility index (Phi) is 4.28. The molecule has 60 valence electrons. The number of Topliss-reactive ketones (excluding diaryl/α,β-unsaturated/α-hetero) is 1. The smallest absolute Gasteiger partial charge is 0.138 e. The summed E-state index contributed by atoms with van der Waals surface area (Å²) < 4.78 is 0. The molecule has 0 spiro atoms. The van der Waals surface area contributed by atoms with Gasteiger partial charge in [0.25, 0.3) is 0 Å². The van der Waals surface area contributed by atoms with Gasteiger partial charge >= 0.3 is 0 Å². The largest absolute Gasteiger partial charge is 0.392 e. The zero-order valence-electron chi connectivity index (χ0n) is 6.92. The second kappa shape index (κ2) is 4.45. The van der Waals surface area contributed by atoms with E-state index in [9.17, 15) is 9.90 Å². The molecule has 1 N–H and O–H groups in total. The molecular formula is C8H16O2. The SMILES string of the molecule is CCC(=O)[C@@H](C)[C@H](O)CC. The van der Waals surface area contributed by atoms with Crippen LogP contribution in [0, 0.1) is 5.92 Å². The fraction of sp³-hybridized carbons (Fsp3) is 0.875. The van der Waals surface area contributed by atoms with Crippen LogP contribution in [-0.4, -0.2) is 17.0 Å². The van der Waals surface area contributed by atoms with Gasteiger partial charge in [-0.1, -0.05) is 20.8 Å². The van der Waals surface area contributed by atoms with E-state index in [1.54, 1.807) is 6.92 Å². The Balaban J connectivity index is 3.81. The van der Waals surface area contributed by atoms with E-state index in [-0.39, 0.29) is 11.7 Å². The van der Waals surface area contributed by atoms with Gasteiger partial charge in [0.2, 0.25) is 0 Å². The molecule has 0 aromatic carbocycles. The van der Waals surface area contributed by atoms with Gasteiger partial charge in [0.05, 0.1) is 6.10 Å². The molecule has 0 aromatic rings. The monoisotopic (exact) mass is 144 g/mol. The molecule has 0 radical (unpaired) electrons. The van der Waals surface area contributed by atoms with Crippen LogP contribution in [0.15, 0.2) is 0 Å². The number of aliphatic hydroxyl groups is 1. The van der Waals surface area contributed by atoms with E-state index in [4.69, 9.17) is 0 Å². The first-order valence-electron chi connectivity index (χ1n) is 3.84. The van der Waals surface area contributed by atoms with Crippen molar-refractivity contribution in [2.24, 2.45) is 5.92 Å². The maximum atomic E-state index is 11.0. The first-order chi connectivity index (χ1) is 4.63. The number of hydrogen-bond acceptors (Lipinski definition) is 2. The van der Waals surface area contributed by atoms with Crippen LogP contribution in [0.25, 0.3) is 0 Å². The van der Waals surface area contributed by atoms with Crippen molar-refractivity contribution in [2.75, 3.05) is 0 Å². The van der Waals surface area contributed by atoms with Gasteiger partial charge in [-0.05, 0) is 6.42 Å². The van der Waals surface area contributed by atoms with Crippen molar-refractivity contribution in [3.05, 3.63) is 0 Å². The van der Waals surface area contributed by atoms with Crippen LogP contribution in [-0.2, 0) is 4.79 Å². The highest BCUT2D eigenvalue weighted by Crippen LogP contribution is 2.08. The Bertz CT molecular complexity index is 110. The molecule has 10 heavy (non-hydrogen) atoms. The van der Waals surface area contributed by atoms with Gasteiger partial charge < -0.3 is 5.11 Å². The lowest BCUT2D eigenvalue weighted by atomic mass is 9.96. The Labute approximate surface area is 62.2 Å².